The minimum absolute atomic E-state index is 0.180. The number of hydrogen-bond acceptors (Lipinski definition) is 5. The molecule has 0 aliphatic heterocycles. The second kappa shape index (κ2) is 14.0. The molecule has 5 heteroatoms. The molecule has 0 rings (SSSR count). The van der Waals surface area contributed by atoms with Gasteiger partial charge in [-0.25, -0.2) is 0 Å². The molecule has 1 unspecified atom stereocenters. The van der Waals surface area contributed by atoms with Crippen LogP contribution in [0.5, 0.6) is 0 Å². The highest BCUT2D eigenvalue weighted by molar-refractivity contribution is 4.85. The average Bonchev–Trinajstić information content (AvgIpc) is 2.60. The van der Waals surface area contributed by atoms with E-state index in [2.05, 4.69) is 19.2 Å². The predicted octanol–water partition coefficient (Wildman–Crippen LogP) is 3.66. The topological polar surface area (TPSA) is 65.7 Å². The van der Waals surface area contributed by atoms with Crippen molar-refractivity contribution in [2.45, 2.75) is 77.6 Å². The fourth-order valence-corrected chi connectivity index (χ4v) is 3.55. The van der Waals surface area contributed by atoms with Crippen LogP contribution in [0.25, 0.3) is 0 Å². The molecular weight excluding hydrogens is 304 g/mol. The molecule has 0 spiro atoms. The largest absolute Gasteiger partial charge is 0.330 e. The van der Waals surface area contributed by atoms with Gasteiger partial charge in [-0.15, -0.1) is 0 Å². The Morgan fingerprint density at radius 1 is 0.792 bits per heavy atom. The van der Waals surface area contributed by atoms with Gasteiger partial charge in [0.2, 0.25) is 0 Å². The zero-order valence-electron chi connectivity index (χ0n) is 16.8. The summed E-state index contributed by atoms with van der Waals surface area (Å²) in [7, 11) is 5.00. The van der Waals surface area contributed by atoms with Gasteiger partial charge in [0.1, 0.15) is 0 Å². The van der Waals surface area contributed by atoms with Crippen LogP contribution in [0.4, 0.5) is 0 Å². The Balaban J connectivity index is 4.62. The van der Waals surface area contributed by atoms with Crippen LogP contribution < -0.4 is 11.1 Å². The second-order valence-electron chi connectivity index (χ2n) is 6.89. The van der Waals surface area contributed by atoms with Crippen LogP contribution in [-0.2, 0) is 14.2 Å². The number of hydrogen-bond donors (Lipinski definition) is 2. The van der Waals surface area contributed by atoms with Gasteiger partial charge >= 0.3 is 0 Å². The highest BCUT2D eigenvalue weighted by Gasteiger charge is 2.49. The second-order valence-corrected chi connectivity index (χ2v) is 6.89. The molecule has 5 nitrogen and oxygen atoms in total. The van der Waals surface area contributed by atoms with E-state index in [0.717, 1.165) is 32.4 Å². The molecule has 0 saturated heterocycles. The third-order valence-electron chi connectivity index (χ3n) is 5.03. The van der Waals surface area contributed by atoms with E-state index in [4.69, 9.17) is 19.9 Å². The van der Waals surface area contributed by atoms with Crippen molar-refractivity contribution in [2.24, 2.45) is 11.1 Å². The molecule has 0 aromatic rings. The number of nitrogens with one attached hydrogen (secondary N) is 1. The van der Waals surface area contributed by atoms with Crippen molar-refractivity contribution in [3.05, 3.63) is 0 Å². The van der Waals surface area contributed by atoms with Gasteiger partial charge in [-0.3, -0.25) is 0 Å². The Kier molecular flexibility index (Phi) is 13.9. The zero-order valence-corrected chi connectivity index (χ0v) is 16.8. The van der Waals surface area contributed by atoms with Gasteiger partial charge in [0.25, 0.3) is 5.97 Å². The van der Waals surface area contributed by atoms with Gasteiger partial charge in [-0.1, -0.05) is 52.4 Å². The van der Waals surface area contributed by atoms with E-state index in [-0.39, 0.29) is 5.41 Å². The normalized spacial score (nSPS) is 14.8. The summed E-state index contributed by atoms with van der Waals surface area (Å²) in [5.74, 6) is -0.982. The Labute approximate surface area is 150 Å². The van der Waals surface area contributed by atoms with E-state index in [1.807, 2.05) is 0 Å². The first-order chi connectivity index (χ1) is 11.6. The summed E-state index contributed by atoms with van der Waals surface area (Å²) in [5, 5.41) is 3.36. The summed E-state index contributed by atoms with van der Waals surface area (Å²) in [4.78, 5) is 0. The van der Waals surface area contributed by atoms with E-state index in [1.54, 1.807) is 21.3 Å². The minimum atomic E-state index is -0.982. The van der Waals surface area contributed by atoms with Crippen LogP contribution in [0.3, 0.4) is 0 Å². The van der Waals surface area contributed by atoms with Gasteiger partial charge in [-0.05, 0) is 25.8 Å². The van der Waals surface area contributed by atoms with E-state index >= 15 is 0 Å². The van der Waals surface area contributed by atoms with Crippen molar-refractivity contribution >= 4 is 0 Å². The van der Waals surface area contributed by atoms with Gasteiger partial charge in [0.05, 0.1) is 0 Å². The molecule has 0 aliphatic carbocycles. The van der Waals surface area contributed by atoms with Crippen molar-refractivity contribution in [1.29, 1.82) is 0 Å². The third kappa shape index (κ3) is 7.79. The van der Waals surface area contributed by atoms with Gasteiger partial charge < -0.3 is 25.3 Å². The Morgan fingerprint density at radius 2 is 1.33 bits per heavy atom. The summed E-state index contributed by atoms with van der Waals surface area (Å²) in [6, 6.07) is 0. The van der Waals surface area contributed by atoms with Crippen molar-refractivity contribution in [3.63, 3.8) is 0 Å². The lowest BCUT2D eigenvalue weighted by atomic mass is 9.77. The predicted molar refractivity (Wildman–Crippen MR) is 101 cm³/mol. The molecule has 0 bridgehead atoms. The molecule has 0 aliphatic rings. The smallest absolute Gasteiger partial charge is 0.287 e. The quantitative estimate of drug-likeness (QED) is 0.311. The minimum Gasteiger partial charge on any atom is -0.330 e. The summed E-state index contributed by atoms with van der Waals surface area (Å²) in [6.45, 7) is 6.96. The Hall–Kier alpha value is -0.200. The highest BCUT2D eigenvalue weighted by atomic mass is 16.9. The standard InChI is InChI=1S/C19H42N2O3/c1-6-7-8-9-10-11-13-18(2,14-12-16-21-17-15-20)19(22-3,23-4)24-5/h21H,6-17,20H2,1-5H3. The van der Waals surface area contributed by atoms with Crippen molar-refractivity contribution in [2.75, 3.05) is 41.0 Å². The van der Waals surface area contributed by atoms with Gasteiger partial charge in [-0.2, -0.15) is 0 Å². The monoisotopic (exact) mass is 346 g/mol. The first-order valence-corrected chi connectivity index (χ1v) is 9.62. The highest BCUT2D eigenvalue weighted by Crippen LogP contribution is 2.44. The summed E-state index contributed by atoms with van der Waals surface area (Å²) < 4.78 is 17.1. The molecule has 146 valence electrons. The van der Waals surface area contributed by atoms with E-state index < -0.39 is 5.97 Å². The lowest BCUT2D eigenvalue weighted by molar-refractivity contribution is -0.406. The summed E-state index contributed by atoms with van der Waals surface area (Å²) >= 11 is 0. The van der Waals surface area contributed by atoms with Crippen LogP contribution in [0.1, 0.15) is 71.6 Å². The third-order valence-corrected chi connectivity index (χ3v) is 5.03. The molecule has 0 saturated carbocycles. The molecule has 0 radical (unpaired) electrons. The fraction of sp³-hybridized carbons (Fsp3) is 1.00. The summed E-state index contributed by atoms with van der Waals surface area (Å²) in [5.41, 5.74) is 5.34. The number of unbranched alkanes of at least 4 members (excludes halogenated alkanes) is 5. The van der Waals surface area contributed by atoms with E-state index in [0.29, 0.717) is 6.54 Å². The Morgan fingerprint density at radius 3 is 1.88 bits per heavy atom. The molecule has 0 fully saturated rings. The van der Waals surface area contributed by atoms with E-state index in [9.17, 15) is 0 Å². The lowest BCUT2D eigenvalue weighted by Crippen LogP contribution is -2.51. The molecule has 0 aromatic heterocycles. The molecule has 0 amide bonds. The molecule has 24 heavy (non-hydrogen) atoms. The zero-order chi connectivity index (χ0) is 18.3. The van der Waals surface area contributed by atoms with Crippen molar-refractivity contribution in [3.8, 4) is 0 Å². The van der Waals surface area contributed by atoms with Crippen LogP contribution in [0, 0.1) is 5.41 Å². The molecule has 0 heterocycles. The molecule has 3 N–H and O–H groups in total. The van der Waals surface area contributed by atoms with Gasteiger partial charge in [0.15, 0.2) is 0 Å². The lowest BCUT2D eigenvalue weighted by Gasteiger charge is -2.45. The number of methoxy groups -OCH3 is 3. The van der Waals surface area contributed by atoms with Gasteiger partial charge in [0, 0.05) is 39.8 Å². The van der Waals surface area contributed by atoms with Crippen LogP contribution in [0.15, 0.2) is 0 Å². The molecule has 1 atom stereocenters. The number of nitrogens with two attached hydrogens (primary N) is 1. The number of ether oxygens (including phenoxy) is 3. The Bertz CT molecular complexity index is 278. The van der Waals surface area contributed by atoms with E-state index in [1.165, 1.54) is 38.5 Å². The van der Waals surface area contributed by atoms with Crippen molar-refractivity contribution < 1.29 is 14.2 Å². The van der Waals surface area contributed by atoms with Crippen LogP contribution in [-0.4, -0.2) is 46.9 Å². The number of rotatable bonds is 17. The molecule has 0 aromatic carbocycles. The molecular formula is C19H42N2O3. The SMILES string of the molecule is CCCCCCCCC(C)(CCCNCCN)C(OC)(OC)OC. The maximum atomic E-state index is 5.69. The first-order valence-electron chi connectivity index (χ1n) is 9.62. The van der Waals surface area contributed by atoms with Crippen molar-refractivity contribution in [1.82, 2.24) is 5.32 Å². The first kappa shape index (κ1) is 23.8. The maximum Gasteiger partial charge on any atom is 0.287 e. The average molecular weight is 347 g/mol. The van der Waals surface area contributed by atoms with Crippen LogP contribution in [0.2, 0.25) is 0 Å². The van der Waals surface area contributed by atoms with Crippen LogP contribution >= 0.6 is 0 Å². The maximum absolute atomic E-state index is 5.69. The summed E-state index contributed by atoms with van der Waals surface area (Å²) in [6.07, 6.45) is 10.8. The fourth-order valence-electron chi connectivity index (χ4n) is 3.55.